The van der Waals surface area contributed by atoms with Gasteiger partial charge in [-0.15, -0.1) is 0 Å². The van der Waals surface area contributed by atoms with Crippen LogP contribution in [-0.4, -0.2) is 45.9 Å². The van der Waals surface area contributed by atoms with E-state index in [9.17, 15) is 10.1 Å². The Kier molecular flexibility index (Phi) is 6.20. The number of fused-ring (bicyclic) bond motifs is 1. The van der Waals surface area contributed by atoms with Crippen LogP contribution in [0.5, 0.6) is 11.5 Å². The Morgan fingerprint density at radius 2 is 1.97 bits per heavy atom. The van der Waals surface area contributed by atoms with Crippen LogP contribution < -0.4 is 19.7 Å². The number of morpholine rings is 1. The molecular weight excluding hydrogens is 394 g/mol. The minimum absolute atomic E-state index is 0.0177. The average molecular weight is 417 g/mol. The molecule has 1 saturated heterocycles. The molecule has 1 amide bonds. The van der Waals surface area contributed by atoms with Crippen molar-refractivity contribution in [1.29, 1.82) is 5.26 Å². The Hall–Kier alpha value is -3.76. The monoisotopic (exact) mass is 417 g/mol. The molecule has 7 heteroatoms. The topological polar surface area (TPSA) is 83.8 Å². The number of carbonyl (C=O) groups excluding carboxylic acids is 1. The highest BCUT2D eigenvalue weighted by atomic mass is 16.5. The van der Waals surface area contributed by atoms with Gasteiger partial charge in [0, 0.05) is 36.1 Å². The van der Waals surface area contributed by atoms with Crippen molar-refractivity contribution in [3.8, 4) is 17.6 Å². The highest BCUT2D eigenvalue weighted by molar-refractivity contribution is 6.07. The molecule has 2 aliphatic rings. The van der Waals surface area contributed by atoms with Crippen LogP contribution in [0.25, 0.3) is 6.08 Å². The zero-order valence-corrected chi connectivity index (χ0v) is 17.3. The number of carbonyl (C=O) groups is 1. The maximum Gasteiger partial charge on any atom is 0.266 e. The smallest absolute Gasteiger partial charge is 0.266 e. The number of benzene rings is 2. The number of hydrogen-bond acceptors (Lipinski definition) is 6. The van der Waals surface area contributed by atoms with E-state index >= 15 is 0 Å². The first kappa shape index (κ1) is 20.5. The molecule has 158 valence electrons. The van der Waals surface area contributed by atoms with Crippen LogP contribution in [0, 0.1) is 11.3 Å². The van der Waals surface area contributed by atoms with Crippen LogP contribution in [0.3, 0.4) is 0 Å². The van der Waals surface area contributed by atoms with Gasteiger partial charge >= 0.3 is 0 Å². The first-order valence-corrected chi connectivity index (χ1v) is 10.0. The number of ether oxygens (including phenoxy) is 3. The molecule has 1 N–H and O–H groups in total. The fraction of sp³-hybridized carbons (Fsp3) is 0.250. The molecule has 2 aromatic rings. The van der Waals surface area contributed by atoms with Gasteiger partial charge in [0.25, 0.3) is 5.91 Å². The maximum absolute atomic E-state index is 12.6. The van der Waals surface area contributed by atoms with E-state index in [0.717, 1.165) is 29.9 Å². The first-order valence-electron chi connectivity index (χ1n) is 10.0. The van der Waals surface area contributed by atoms with Crippen molar-refractivity contribution in [1.82, 2.24) is 0 Å². The number of nitrogens with one attached hydrogen (secondary N) is 1. The van der Waals surface area contributed by atoms with Gasteiger partial charge in [-0.05, 0) is 54.1 Å². The van der Waals surface area contributed by atoms with Crippen LogP contribution in [-0.2, 0) is 9.53 Å². The summed E-state index contributed by atoms with van der Waals surface area (Å²) < 4.78 is 16.3. The summed E-state index contributed by atoms with van der Waals surface area (Å²) in [6.07, 6.45) is 3.46. The molecule has 0 saturated carbocycles. The third-order valence-electron chi connectivity index (χ3n) is 5.15. The molecule has 2 aromatic carbocycles. The lowest BCUT2D eigenvalue weighted by Crippen LogP contribution is -2.36. The molecule has 0 atom stereocenters. The summed E-state index contributed by atoms with van der Waals surface area (Å²) in [5.41, 5.74) is 3.34. The lowest BCUT2D eigenvalue weighted by molar-refractivity contribution is -0.112. The molecule has 31 heavy (non-hydrogen) atoms. The van der Waals surface area contributed by atoms with Crippen molar-refractivity contribution in [3.63, 3.8) is 0 Å². The van der Waals surface area contributed by atoms with Crippen LogP contribution in [0.1, 0.15) is 5.56 Å². The van der Waals surface area contributed by atoms with Crippen molar-refractivity contribution < 1.29 is 19.0 Å². The Balaban J connectivity index is 1.45. The number of anilines is 2. The van der Waals surface area contributed by atoms with Gasteiger partial charge in [-0.1, -0.05) is 0 Å². The molecule has 0 unspecified atom stereocenters. The zero-order valence-electron chi connectivity index (χ0n) is 17.3. The van der Waals surface area contributed by atoms with Crippen LogP contribution in [0.4, 0.5) is 11.4 Å². The number of amides is 1. The highest BCUT2D eigenvalue weighted by Crippen LogP contribution is 2.31. The number of nitrogens with zero attached hydrogens (tertiary/aromatic N) is 2. The second-order valence-corrected chi connectivity index (χ2v) is 7.18. The zero-order chi connectivity index (χ0) is 21.6. The third-order valence-corrected chi connectivity index (χ3v) is 5.15. The standard InChI is InChI=1S/C24H23N3O4/c1-29-22-7-2-18-12-17(16-31-23(18)14-22)13-19(15-25)24(28)26-20-3-5-21(6-4-20)27-8-10-30-11-9-27/h2-7,12-14H,8-11,16H2,1H3,(H,26,28)/b19-13+. The average Bonchev–Trinajstić information content (AvgIpc) is 2.83. The number of nitriles is 1. The molecule has 0 radical (unpaired) electrons. The minimum Gasteiger partial charge on any atom is -0.497 e. The van der Waals surface area contributed by atoms with Crippen molar-refractivity contribution >= 4 is 23.4 Å². The quantitative estimate of drug-likeness (QED) is 0.593. The summed E-state index contributed by atoms with van der Waals surface area (Å²) in [6.45, 7) is 3.39. The van der Waals surface area contributed by atoms with E-state index in [1.54, 1.807) is 13.2 Å². The molecule has 1 fully saturated rings. The van der Waals surface area contributed by atoms with Gasteiger partial charge in [0.1, 0.15) is 29.7 Å². The van der Waals surface area contributed by atoms with Crippen LogP contribution in [0.2, 0.25) is 0 Å². The fourth-order valence-corrected chi connectivity index (χ4v) is 3.48. The second-order valence-electron chi connectivity index (χ2n) is 7.18. The van der Waals surface area contributed by atoms with E-state index in [-0.39, 0.29) is 12.2 Å². The van der Waals surface area contributed by atoms with Crippen molar-refractivity contribution in [2.24, 2.45) is 0 Å². The Labute approximate surface area is 181 Å². The Morgan fingerprint density at radius 1 is 1.19 bits per heavy atom. The number of rotatable bonds is 5. The lowest BCUT2D eigenvalue weighted by Gasteiger charge is -2.28. The van der Waals surface area contributed by atoms with E-state index in [1.165, 1.54) is 0 Å². The lowest BCUT2D eigenvalue weighted by atomic mass is 10.0. The van der Waals surface area contributed by atoms with Crippen molar-refractivity contribution in [3.05, 3.63) is 65.3 Å². The summed E-state index contributed by atoms with van der Waals surface area (Å²) in [4.78, 5) is 14.9. The van der Waals surface area contributed by atoms with Crippen molar-refractivity contribution in [2.75, 3.05) is 50.2 Å². The van der Waals surface area contributed by atoms with E-state index < -0.39 is 5.91 Å². The molecule has 2 heterocycles. The van der Waals surface area contributed by atoms with Gasteiger partial charge in [-0.25, -0.2) is 0 Å². The van der Waals surface area contributed by atoms with Crippen LogP contribution in [0.15, 0.2) is 59.7 Å². The van der Waals surface area contributed by atoms with E-state index in [0.29, 0.717) is 30.4 Å². The minimum atomic E-state index is -0.456. The van der Waals surface area contributed by atoms with E-state index in [4.69, 9.17) is 14.2 Å². The molecule has 4 rings (SSSR count). The van der Waals surface area contributed by atoms with Gasteiger partial charge < -0.3 is 24.4 Å². The normalized spacial score (nSPS) is 15.8. The first-order chi connectivity index (χ1) is 15.2. The fourth-order valence-electron chi connectivity index (χ4n) is 3.48. The van der Waals surface area contributed by atoms with E-state index in [2.05, 4.69) is 10.2 Å². The Morgan fingerprint density at radius 3 is 2.68 bits per heavy atom. The van der Waals surface area contributed by atoms with E-state index in [1.807, 2.05) is 54.6 Å². The molecule has 0 spiro atoms. The van der Waals surface area contributed by atoms with Gasteiger partial charge in [0.05, 0.1) is 20.3 Å². The molecule has 0 aliphatic carbocycles. The van der Waals surface area contributed by atoms with Gasteiger partial charge in [0.15, 0.2) is 0 Å². The summed E-state index contributed by atoms with van der Waals surface area (Å²) in [6, 6.07) is 15.1. The number of methoxy groups -OCH3 is 1. The second kappa shape index (κ2) is 9.37. The largest absolute Gasteiger partial charge is 0.497 e. The molecular formula is C24H23N3O4. The predicted octanol–water partition coefficient (Wildman–Crippen LogP) is 3.40. The highest BCUT2D eigenvalue weighted by Gasteiger charge is 2.16. The Bertz CT molecular complexity index is 1060. The molecule has 0 aromatic heterocycles. The van der Waals surface area contributed by atoms with Crippen LogP contribution >= 0.6 is 0 Å². The SMILES string of the molecule is COc1ccc2c(c1)OCC(/C=C(\C#N)C(=O)Nc1ccc(N3CCOCC3)cc1)=C2. The van der Waals surface area contributed by atoms with Crippen molar-refractivity contribution in [2.45, 2.75) is 0 Å². The molecule has 0 bridgehead atoms. The predicted molar refractivity (Wildman–Crippen MR) is 118 cm³/mol. The number of hydrogen-bond donors (Lipinski definition) is 1. The summed E-state index contributed by atoms with van der Waals surface area (Å²) in [7, 11) is 1.60. The summed E-state index contributed by atoms with van der Waals surface area (Å²) >= 11 is 0. The summed E-state index contributed by atoms with van der Waals surface area (Å²) in [5.74, 6) is 0.964. The molecule has 2 aliphatic heterocycles. The van der Waals surface area contributed by atoms with Gasteiger partial charge in [0.2, 0.25) is 0 Å². The van der Waals surface area contributed by atoms with Gasteiger partial charge in [-0.3, -0.25) is 4.79 Å². The molecule has 7 nitrogen and oxygen atoms in total. The van der Waals surface area contributed by atoms with Gasteiger partial charge in [-0.2, -0.15) is 5.26 Å². The maximum atomic E-state index is 12.6. The third kappa shape index (κ3) is 4.87. The summed E-state index contributed by atoms with van der Waals surface area (Å²) in [5, 5.41) is 12.3.